The van der Waals surface area contributed by atoms with Gasteiger partial charge in [-0.3, -0.25) is 9.69 Å². The van der Waals surface area contributed by atoms with E-state index in [-0.39, 0.29) is 31.5 Å². The Kier molecular flexibility index (Phi) is 8.89. The second-order valence-electron chi connectivity index (χ2n) is 9.88. The number of rotatable bonds is 8. The molecule has 9 nitrogen and oxygen atoms in total. The fraction of sp³-hybridized carbons (Fsp3) is 0.542. The van der Waals surface area contributed by atoms with Crippen molar-refractivity contribution in [2.45, 2.75) is 56.4 Å². The third-order valence-corrected chi connectivity index (χ3v) is 6.54. The van der Waals surface area contributed by atoms with E-state index in [2.05, 4.69) is 5.32 Å². The zero-order valence-corrected chi connectivity index (χ0v) is 20.6. The monoisotopic (exact) mass is 522 g/mol. The first kappa shape index (κ1) is 28.5. The van der Waals surface area contributed by atoms with Gasteiger partial charge in [0.2, 0.25) is 0 Å². The lowest BCUT2D eigenvalue weighted by Gasteiger charge is -2.33. The smallest absolute Gasteiger partial charge is 0.441 e. The Balaban J connectivity index is 1.61. The lowest BCUT2D eigenvalue weighted by molar-refractivity contribution is -0.126. The Hall–Kier alpha value is -3.08. The molecule has 37 heavy (non-hydrogen) atoms. The number of nitrogens with one attached hydrogen (secondary N) is 1. The van der Waals surface area contributed by atoms with Crippen molar-refractivity contribution in [3.8, 4) is 6.07 Å². The molecule has 1 aromatic carbocycles. The van der Waals surface area contributed by atoms with E-state index in [9.17, 15) is 38.1 Å². The number of halogens is 3. The van der Waals surface area contributed by atoms with Crippen LogP contribution >= 0.6 is 0 Å². The van der Waals surface area contributed by atoms with E-state index in [4.69, 9.17) is 4.74 Å². The summed E-state index contributed by atoms with van der Waals surface area (Å²) >= 11 is 0. The second-order valence-corrected chi connectivity index (χ2v) is 9.88. The highest BCUT2D eigenvalue weighted by Crippen LogP contribution is 2.33. The number of ether oxygens (including phenoxy) is 1. The molecule has 0 aliphatic carbocycles. The fourth-order valence-electron chi connectivity index (χ4n) is 4.42. The molecule has 2 aliphatic heterocycles. The predicted molar refractivity (Wildman–Crippen MR) is 128 cm³/mol. The van der Waals surface area contributed by atoms with Gasteiger partial charge in [-0.2, -0.15) is 5.26 Å². The minimum absolute atomic E-state index is 0.0804. The molecule has 0 radical (unpaired) electrons. The highest BCUT2D eigenvalue weighted by Gasteiger charge is 2.44. The van der Waals surface area contributed by atoms with E-state index in [0.29, 0.717) is 0 Å². The topological polar surface area (TPSA) is 126 Å². The largest absolute Gasteiger partial charge is 0.475 e. The molecule has 2 fully saturated rings. The number of hydrogen-bond acceptors (Lipinski definition) is 7. The van der Waals surface area contributed by atoms with Gasteiger partial charge in [0.05, 0.1) is 25.6 Å². The Morgan fingerprint density at radius 1 is 1.32 bits per heavy atom. The van der Waals surface area contributed by atoms with Gasteiger partial charge in [0, 0.05) is 18.5 Å². The third-order valence-electron chi connectivity index (χ3n) is 6.54. The second kappa shape index (κ2) is 11.5. The summed E-state index contributed by atoms with van der Waals surface area (Å²) in [6, 6.07) is 10.5. The van der Waals surface area contributed by atoms with Gasteiger partial charge in [0.25, 0.3) is 11.8 Å². The van der Waals surface area contributed by atoms with Gasteiger partial charge >= 0.3 is 13.2 Å². The van der Waals surface area contributed by atoms with Crippen LogP contribution in [0.15, 0.2) is 42.0 Å². The normalized spacial score (nSPS) is 22.9. The predicted octanol–water partition coefficient (Wildman–Crippen LogP) is 1.45. The number of nitrogens with zero attached hydrogens (tertiary/aromatic N) is 3. The molecule has 0 bridgehead atoms. The van der Waals surface area contributed by atoms with Crippen LogP contribution in [0, 0.1) is 11.3 Å². The van der Waals surface area contributed by atoms with E-state index >= 15 is 0 Å². The molecule has 3 N–H and O–H groups in total. The van der Waals surface area contributed by atoms with Crippen molar-refractivity contribution in [1.82, 2.24) is 15.1 Å². The van der Waals surface area contributed by atoms with Gasteiger partial charge in [-0.15, -0.1) is 0 Å². The van der Waals surface area contributed by atoms with Crippen molar-refractivity contribution in [3.05, 3.63) is 47.5 Å². The van der Waals surface area contributed by atoms with Crippen molar-refractivity contribution in [2.75, 3.05) is 26.2 Å². The number of likely N-dealkylation sites (tertiary alicyclic amines) is 2. The first-order valence-electron chi connectivity index (χ1n) is 11.9. The van der Waals surface area contributed by atoms with Crippen LogP contribution in [0.1, 0.15) is 25.8 Å². The van der Waals surface area contributed by atoms with Crippen molar-refractivity contribution in [2.24, 2.45) is 0 Å². The summed E-state index contributed by atoms with van der Waals surface area (Å²) in [5, 5.41) is 31.1. The van der Waals surface area contributed by atoms with E-state index in [1.54, 1.807) is 50.2 Å². The van der Waals surface area contributed by atoms with Gasteiger partial charge in [-0.25, -0.2) is 18.0 Å². The maximum absolute atomic E-state index is 14.6. The van der Waals surface area contributed by atoms with Gasteiger partial charge in [0.1, 0.15) is 11.6 Å². The fourth-order valence-corrected chi connectivity index (χ4v) is 4.42. The summed E-state index contributed by atoms with van der Waals surface area (Å²) in [5.74, 6) is -4.78. The number of hydrogen-bond donors (Lipinski definition) is 3. The van der Waals surface area contributed by atoms with Crippen molar-refractivity contribution in [1.29, 1.82) is 5.26 Å². The van der Waals surface area contributed by atoms with E-state index in [0.717, 1.165) is 10.5 Å². The summed E-state index contributed by atoms with van der Waals surface area (Å²) in [4.78, 5) is 27.8. The van der Waals surface area contributed by atoms with Gasteiger partial charge in [-0.05, 0) is 31.9 Å². The van der Waals surface area contributed by atoms with Crippen LogP contribution in [0.25, 0.3) is 0 Å². The van der Waals surface area contributed by atoms with Crippen LogP contribution in [0.3, 0.4) is 0 Å². The standard InChI is InChI=1S/C24H30BF3N4O5/c1-23(2,32-9-8-24(27,28)15-32)11-17(12-29)21(33)31-13-18(26)19(14-31)37-22(34)30-20(25(35)36)10-16-6-4-3-5-7-16/h3-7,11,18-20,35-36H,8-10,13-15H2,1-2H3,(H,30,34)/b17-11+/t18-,19+,20+/m1/s1. The summed E-state index contributed by atoms with van der Waals surface area (Å²) in [6.45, 7) is 2.04. The molecule has 0 spiro atoms. The minimum Gasteiger partial charge on any atom is -0.441 e. The molecule has 3 atom stereocenters. The molecule has 3 rings (SSSR count). The SMILES string of the molecule is CC(C)(/C=C(\C#N)C(=O)N1C[C@@H](F)[C@@H](OC(=O)N[C@@H](Cc2ccccc2)B(O)O)C1)N1CCC(F)(F)C1. The van der Waals surface area contributed by atoms with E-state index < -0.39 is 61.9 Å². The summed E-state index contributed by atoms with van der Waals surface area (Å²) < 4.78 is 47.1. The Morgan fingerprint density at radius 3 is 2.57 bits per heavy atom. The first-order valence-corrected chi connectivity index (χ1v) is 11.9. The van der Waals surface area contributed by atoms with Crippen LogP contribution in [0.5, 0.6) is 0 Å². The van der Waals surface area contributed by atoms with Crippen LogP contribution < -0.4 is 5.32 Å². The number of benzene rings is 1. The molecule has 2 amide bonds. The lowest BCUT2D eigenvalue weighted by Crippen LogP contribution is -2.49. The average Bonchev–Trinajstić information content (AvgIpc) is 3.39. The van der Waals surface area contributed by atoms with Crippen LogP contribution in [-0.2, 0) is 16.0 Å². The maximum Gasteiger partial charge on any atom is 0.475 e. The zero-order chi connectivity index (χ0) is 27.4. The van der Waals surface area contributed by atoms with Crippen molar-refractivity contribution < 1.29 is 37.5 Å². The van der Waals surface area contributed by atoms with Gasteiger partial charge in [0.15, 0.2) is 12.3 Å². The summed E-state index contributed by atoms with van der Waals surface area (Å²) in [6.07, 6.45) is -3.13. The number of alkyl carbamates (subject to hydrolysis) is 1. The average molecular weight is 522 g/mol. The van der Waals surface area contributed by atoms with Crippen LogP contribution in [0.2, 0.25) is 0 Å². The van der Waals surface area contributed by atoms with Gasteiger partial charge in [-0.1, -0.05) is 30.3 Å². The molecule has 2 aliphatic rings. The summed E-state index contributed by atoms with van der Waals surface area (Å²) in [5.41, 5.74) is -0.633. The molecular formula is C24H30BF3N4O5. The number of nitriles is 1. The molecule has 200 valence electrons. The number of amides is 2. The summed E-state index contributed by atoms with van der Waals surface area (Å²) in [7, 11) is -1.90. The Labute approximate surface area is 213 Å². The lowest BCUT2D eigenvalue weighted by atomic mass is 9.76. The third kappa shape index (κ3) is 7.47. The van der Waals surface area contributed by atoms with Crippen molar-refractivity contribution in [3.63, 3.8) is 0 Å². The van der Waals surface area contributed by atoms with Gasteiger partial charge < -0.3 is 25.0 Å². The van der Waals surface area contributed by atoms with Crippen molar-refractivity contribution >= 4 is 19.1 Å². The van der Waals surface area contributed by atoms with E-state index in [1.807, 2.05) is 0 Å². The number of carbonyl (C=O) groups is 2. The molecular weight excluding hydrogens is 492 g/mol. The molecule has 1 aromatic rings. The maximum atomic E-state index is 14.6. The highest BCUT2D eigenvalue weighted by molar-refractivity contribution is 6.43. The molecule has 0 saturated carbocycles. The van der Waals surface area contributed by atoms with Crippen LogP contribution in [-0.4, -0.2) is 94.8 Å². The minimum atomic E-state index is -2.85. The van der Waals surface area contributed by atoms with Crippen LogP contribution in [0.4, 0.5) is 18.0 Å². The number of alkyl halides is 3. The molecule has 13 heteroatoms. The number of carbonyl (C=O) groups excluding carboxylic acids is 2. The molecule has 0 unspecified atom stereocenters. The zero-order valence-electron chi connectivity index (χ0n) is 20.6. The Morgan fingerprint density at radius 2 is 2.00 bits per heavy atom. The highest BCUT2D eigenvalue weighted by atomic mass is 19.3. The first-order chi connectivity index (χ1) is 17.3. The quantitative estimate of drug-likeness (QED) is 0.268. The molecule has 2 saturated heterocycles. The Bertz CT molecular complexity index is 1050. The molecule has 0 aromatic heterocycles. The van der Waals surface area contributed by atoms with E-state index in [1.165, 1.54) is 11.0 Å². The molecule has 2 heterocycles.